The van der Waals surface area contributed by atoms with Gasteiger partial charge in [0.25, 0.3) is 17.5 Å². The van der Waals surface area contributed by atoms with Crippen LogP contribution in [0.1, 0.15) is 29.3 Å². The van der Waals surface area contributed by atoms with Crippen LogP contribution in [-0.4, -0.2) is 42.1 Å². The quantitative estimate of drug-likeness (QED) is 0.0646. The Morgan fingerprint density at radius 1 is 0.848 bits per heavy atom. The fourth-order valence-electron chi connectivity index (χ4n) is 4.27. The van der Waals surface area contributed by atoms with Crippen molar-refractivity contribution < 1.29 is 28.8 Å². The normalized spacial score (nSPS) is 11.6. The van der Waals surface area contributed by atoms with Crippen molar-refractivity contribution in [1.82, 2.24) is 5.32 Å². The highest BCUT2D eigenvalue weighted by molar-refractivity contribution is 8.00. The molecule has 3 N–H and O–H groups in total. The van der Waals surface area contributed by atoms with Crippen LogP contribution in [0.3, 0.4) is 0 Å². The van der Waals surface area contributed by atoms with Gasteiger partial charge >= 0.3 is 0 Å². The zero-order valence-electron chi connectivity index (χ0n) is 25.3. The zero-order valence-corrected chi connectivity index (χ0v) is 26.1. The Labute approximate surface area is 270 Å². The van der Waals surface area contributed by atoms with E-state index in [-0.39, 0.29) is 17.3 Å². The van der Waals surface area contributed by atoms with Crippen molar-refractivity contribution in [2.45, 2.75) is 23.5 Å². The van der Waals surface area contributed by atoms with E-state index in [0.717, 1.165) is 4.90 Å². The second-order valence-corrected chi connectivity index (χ2v) is 11.1. The first-order valence-electron chi connectivity index (χ1n) is 14.1. The molecule has 12 heteroatoms. The number of hydrogen-bond donors (Lipinski definition) is 3. The summed E-state index contributed by atoms with van der Waals surface area (Å²) in [6.45, 7) is 1.87. The van der Waals surface area contributed by atoms with E-state index >= 15 is 0 Å². The fraction of sp³-hybridized carbons (Fsp3) is 0.147. The van der Waals surface area contributed by atoms with Crippen molar-refractivity contribution in [1.29, 1.82) is 0 Å². The largest absolute Gasteiger partial charge is 0.493 e. The summed E-state index contributed by atoms with van der Waals surface area (Å²) in [6.07, 6.45) is 2.04. The molecule has 0 fully saturated rings. The first kappa shape index (κ1) is 33.3. The molecule has 1 unspecified atom stereocenters. The van der Waals surface area contributed by atoms with E-state index in [9.17, 15) is 24.5 Å². The second-order valence-electron chi connectivity index (χ2n) is 9.78. The highest BCUT2D eigenvalue weighted by Gasteiger charge is 2.20. The molecule has 4 aromatic rings. The monoisotopic (exact) mass is 640 g/mol. The molecule has 0 aromatic heterocycles. The summed E-state index contributed by atoms with van der Waals surface area (Å²) in [7, 11) is 3.02. The first-order chi connectivity index (χ1) is 22.2. The molecule has 0 heterocycles. The minimum Gasteiger partial charge on any atom is -0.493 e. The van der Waals surface area contributed by atoms with Gasteiger partial charge in [0.15, 0.2) is 11.5 Å². The standard InChI is InChI=1S/C34H32N4O7S/c1-4-31(34(41)35-24-14-16-26(17-15-24)38(42)43)46-27-12-8-11-25(21-27)36-33(40)28(37-32(39)23-9-6-5-7-10-23)19-22-13-18-29(44-2)30(20-22)45-3/h5-21,31H,4H2,1-3H3,(H,35,41)(H,36,40)(H,37,39)/b28-19+. The number of nitro groups is 1. The van der Waals surface area contributed by atoms with Crippen molar-refractivity contribution in [3.05, 3.63) is 124 Å². The van der Waals surface area contributed by atoms with Gasteiger partial charge in [0.2, 0.25) is 5.91 Å². The number of anilines is 2. The minimum absolute atomic E-state index is 0.00644. The van der Waals surface area contributed by atoms with Gasteiger partial charge in [0, 0.05) is 34.0 Å². The number of ether oxygens (including phenoxy) is 2. The van der Waals surface area contributed by atoms with Crippen molar-refractivity contribution in [3.63, 3.8) is 0 Å². The molecule has 46 heavy (non-hydrogen) atoms. The predicted molar refractivity (Wildman–Crippen MR) is 178 cm³/mol. The summed E-state index contributed by atoms with van der Waals surface area (Å²) in [5.74, 6) is -0.321. The Hall–Kier alpha value is -5.62. The maximum Gasteiger partial charge on any atom is 0.272 e. The zero-order chi connectivity index (χ0) is 33.1. The third-order valence-corrected chi connectivity index (χ3v) is 7.98. The predicted octanol–water partition coefficient (Wildman–Crippen LogP) is 6.53. The molecular formula is C34H32N4O7S. The van der Waals surface area contributed by atoms with Crippen LogP contribution in [0.25, 0.3) is 6.08 Å². The van der Waals surface area contributed by atoms with Gasteiger partial charge in [-0.2, -0.15) is 0 Å². The van der Waals surface area contributed by atoms with E-state index in [2.05, 4.69) is 16.0 Å². The molecule has 1 atom stereocenters. The maximum absolute atomic E-state index is 13.6. The van der Waals surface area contributed by atoms with Crippen LogP contribution in [0.5, 0.6) is 11.5 Å². The van der Waals surface area contributed by atoms with Gasteiger partial charge in [-0.25, -0.2) is 0 Å². The third kappa shape index (κ3) is 8.96. The van der Waals surface area contributed by atoms with Crippen molar-refractivity contribution in [2.75, 3.05) is 24.9 Å². The van der Waals surface area contributed by atoms with Crippen LogP contribution >= 0.6 is 11.8 Å². The lowest BCUT2D eigenvalue weighted by molar-refractivity contribution is -0.384. The summed E-state index contributed by atoms with van der Waals surface area (Å²) in [6, 6.07) is 26.3. The number of amides is 3. The number of non-ortho nitro benzene ring substituents is 1. The highest BCUT2D eigenvalue weighted by atomic mass is 32.2. The van der Waals surface area contributed by atoms with Gasteiger partial charge in [-0.1, -0.05) is 37.3 Å². The number of nitrogens with zero attached hydrogens (tertiary/aromatic N) is 1. The molecule has 0 aliphatic carbocycles. The molecular weight excluding hydrogens is 608 g/mol. The molecule has 0 saturated carbocycles. The van der Waals surface area contributed by atoms with E-state index in [0.29, 0.717) is 40.4 Å². The van der Waals surface area contributed by atoms with E-state index in [1.807, 2.05) is 13.0 Å². The Kier molecular flexibility index (Phi) is 11.5. The molecule has 4 aromatic carbocycles. The Morgan fingerprint density at radius 3 is 2.22 bits per heavy atom. The molecule has 0 bridgehead atoms. The molecule has 0 aliphatic rings. The minimum atomic E-state index is -0.566. The van der Waals surface area contributed by atoms with Gasteiger partial charge < -0.3 is 25.4 Å². The molecule has 236 valence electrons. The number of nitrogens with one attached hydrogen (secondary N) is 3. The molecule has 0 aliphatic heterocycles. The van der Waals surface area contributed by atoms with Crippen molar-refractivity contribution in [3.8, 4) is 11.5 Å². The number of carbonyl (C=O) groups is 3. The lowest BCUT2D eigenvalue weighted by Crippen LogP contribution is -2.30. The fourth-order valence-corrected chi connectivity index (χ4v) is 5.29. The van der Waals surface area contributed by atoms with E-state index < -0.39 is 22.0 Å². The van der Waals surface area contributed by atoms with Crippen LogP contribution in [0.2, 0.25) is 0 Å². The Morgan fingerprint density at radius 2 is 1.57 bits per heavy atom. The van der Waals surface area contributed by atoms with Crippen LogP contribution < -0.4 is 25.4 Å². The van der Waals surface area contributed by atoms with Gasteiger partial charge in [0.1, 0.15) is 5.70 Å². The Balaban J connectivity index is 1.52. The lowest BCUT2D eigenvalue weighted by atomic mass is 10.1. The smallest absolute Gasteiger partial charge is 0.272 e. The summed E-state index contributed by atoms with van der Waals surface area (Å²) in [5.41, 5.74) is 1.79. The van der Waals surface area contributed by atoms with Crippen LogP contribution in [0.4, 0.5) is 17.1 Å². The average molecular weight is 641 g/mol. The van der Waals surface area contributed by atoms with E-state index in [4.69, 9.17) is 9.47 Å². The highest BCUT2D eigenvalue weighted by Crippen LogP contribution is 2.30. The van der Waals surface area contributed by atoms with E-state index in [1.54, 1.807) is 66.7 Å². The number of hydrogen-bond acceptors (Lipinski definition) is 8. The SMILES string of the molecule is CCC(Sc1cccc(NC(=O)/C(=C\c2ccc(OC)c(OC)c2)NC(=O)c2ccccc2)c1)C(=O)Nc1ccc([N+](=O)[O-])cc1. The number of benzene rings is 4. The molecule has 3 amide bonds. The van der Waals surface area contributed by atoms with Gasteiger partial charge in [-0.15, -0.1) is 11.8 Å². The number of nitro benzene ring substituents is 1. The van der Waals surface area contributed by atoms with E-state index in [1.165, 1.54) is 56.3 Å². The molecule has 0 radical (unpaired) electrons. The summed E-state index contributed by atoms with van der Waals surface area (Å²) >= 11 is 1.31. The molecule has 0 spiro atoms. The number of carbonyl (C=O) groups excluding carboxylic acids is 3. The third-order valence-electron chi connectivity index (χ3n) is 6.63. The Bertz CT molecular complexity index is 1740. The maximum atomic E-state index is 13.6. The lowest BCUT2D eigenvalue weighted by Gasteiger charge is -2.16. The summed E-state index contributed by atoms with van der Waals surface area (Å²) < 4.78 is 10.7. The topological polar surface area (TPSA) is 149 Å². The molecule has 4 rings (SSSR count). The number of rotatable bonds is 13. The van der Waals surface area contributed by atoms with Gasteiger partial charge in [0.05, 0.1) is 24.4 Å². The second kappa shape index (κ2) is 15.9. The number of thioether (sulfide) groups is 1. The average Bonchev–Trinajstić information content (AvgIpc) is 3.07. The first-order valence-corrected chi connectivity index (χ1v) is 15.0. The van der Waals surface area contributed by atoms with Crippen molar-refractivity contribution >= 4 is 52.6 Å². The van der Waals surface area contributed by atoms with Crippen molar-refractivity contribution in [2.24, 2.45) is 0 Å². The van der Waals surface area contributed by atoms with Crippen LogP contribution in [0.15, 0.2) is 108 Å². The van der Waals surface area contributed by atoms with Crippen LogP contribution in [0, 0.1) is 10.1 Å². The summed E-state index contributed by atoms with van der Waals surface area (Å²) in [4.78, 5) is 50.7. The molecule has 11 nitrogen and oxygen atoms in total. The van der Waals surface area contributed by atoms with Crippen LogP contribution in [-0.2, 0) is 9.59 Å². The summed E-state index contributed by atoms with van der Waals surface area (Å²) in [5, 5.41) is 18.8. The van der Waals surface area contributed by atoms with Gasteiger partial charge in [-0.05, 0) is 72.7 Å². The number of methoxy groups -OCH3 is 2. The van der Waals surface area contributed by atoms with Gasteiger partial charge in [-0.3, -0.25) is 24.5 Å². The molecule has 0 saturated heterocycles.